The van der Waals surface area contributed by atoms with Gasteiger partial charge in [-0.25, -0.2) is 13.4 Å². The number of hydrogen-bond acceptors (Lipinski definition) is 5. The highest BCUT2D eigenvalue weighted by Crippen LogP contribution is 2.23. The molecule has 0 unspecified atom stereocenters. The fraction of sp³-hybridized carbons (Fsp3) is 0.526. The molecule has 1 aromatic carbocycles. The van der Waals surface area contributed by atoms with Crippen molar-refractivity contribution in [2.75, 3.05) is 31.9 Å². The smallest absolute Gasteiger partial charge is 0.251 e. The van der Waals surface area contributed by atoms with Crippen LogP contribution in [0.4, 0.5) is 0 Å². The predicted octanol–water partition coefficient (Wildman–Crippen LogP) is -0.124. The number of nitrogens with zero attached hydrogens (tertiary/aromatic N) is 2. The first-order valence-electron chi connectivity index (χ1n) is 9.47. The van der Waals surface area contributed by atoms with Gasteiger partial charge >= 0.3 is 0 Å². The van der Waals surface area contributed by atoms with Gasteiger partial charge in [-0.05, 0) is 38.5 Å². The van der Waals surface area contributed by atoms with Crippen LogP contribution in [-0.2, 0) is 21.2 Å². The summed E-state index contributed by atoms with van der Waals surface area (Å²) in [7, 11) is -3.12. The maximum atomic E-state index is 12.2. The predicted molar refractivity (Wildman–Crippen MR) is 112 cm³/mol. The number of sulfone groups is 1. The average molecular weight is 424 g/mol. The molecule has 10 heteroatoms. The van der Waals surface area contributed by atoms with Gasteiger partial charge in [0.1, 0.15) is 0 Å². The van der Waals surface area contributed by atoms with Gasteiger partial charge in [0.05, 0.1) is 23.6 Å². The van der Waals surface area contributed by atoms with Crippen molar-refractivity contribution in [1.82, 2.24) is 15.5 Å². The van der Waals surface area contributed by atoms with Crippen molar-refractivity contribution in [3.05, 3.63) is 35.4 Å². The van der Waals surface area contributed by atoms with E-state index in [1.807, 2.05) is 11.8 Å². The van der Waals surface area contributed by atoms with Gasteiger partial charge in [0.2, 0.25) is 5.91 Å². The first kappa shape index (κ1) is 22.7. The molecule has 9 nitrogen and oxygen atoms in total. The molecule has 1 saturated heterocycles. The number of primary amides is 1. The van der Waals surface area contributed by atoms with E-state index in [1.54, 1.807) is 38.1 Å². The summed E-state index contributed by atoms with van der Waals surface area (Å²) in [6.45, 7) is 7.05. The molecule has 0 bridgehead atoms. The highest BCUT2D eigenvalue weighted by Gasteiger charge is 2.40. The van der Waals surface area contributed by atoms with Crippen LogP contribution in [0.2, 0.25) is 0 Å². The van der Waals surface area contributed by atoms with Crippen LogP contribution in [0.1, 0.15) is 36.7 Å². The second-order valence-corrected chi connectivity index (χ2v) is 10.3. The summed E-state index contributed by atoms with van der Waals surface area (Å²) in [5.74, 6) is -0.212. The Labute approximate surface area is 171 Å². The van der Waals surface area contributed by atoms with Gasteiger partial charge in [-0.2, -0.15) is 0 Å². The number of rotatable bonds is 6. The van der Waals surface area contributed by atoms with Crippen LogP contribution in [0.5, 0.6) is 0 Å². The Morgan fingerprint density at radius 3 is 2.41 bits per heavy atom. The molecule has 1 aromatic rings. The molecule has 1 aliphatic rings. The van der Waals surface area contributed by atoms with Crippen LogP contribution in [-0.4, -0.2) is 67.8 Å². The molecule has 0 atom stereocenters. The van der Waals surface area contributed by atoms with Crippen molar-refractivity contribution < 1.29 is 18.0 Å². The normalized spacial score (nSPS) is 18.2. The topological polar surface area (TPSA) is 134 Å². The fourth-order valence-electron chi connectivity index (χ4n) is 2.95. The molecule has 0 aliphatic carbocycles. The van der Waals surface area contributed by atoms with Gasteiger partial charge in [0.15, 0.2) is 15.8 Å². The molecule has 0 spiro atoms. The molecule has 0 saturated carbocycles. The zero-order valence-corrected chi connectivity index (χ0v) is 17.9. The molecule has 29 heavy (non-hydrogen) atoms. The van der Waals surface area contributed by atoms with E-state index in [2.05, 4.69) is 15.6 Å². The number of benzene rings is 1. The average Bonchev–Trinajstić information content (AvgIpc) is 2.66. The lowest BCUT2D eigenvalue weighted by Gasteiger charge is -2.39. The molecule has 1 heterocycles. The summed E-state index contributed by atoms with van der Waals surface area (Å²) < 4.78 is 23.6. The third kappa shape index (κ3) is 5.93. The Hall–Kier alpha value is -2.62. The number of nitrogens with two attached hydrogens (primary N) is 1. The second kappa shape index (κ2) is 9.25. The maximum Gasteiger partial charge on any atom is 0.251 e. The number of hydrogen-bond donors (Lipinski definition) is 3. The van der Waals surface area contributed by atoms with Gasteiger partial charge in [0.25, 0.3) is 5.91 Å². The highest BCUT2D eigenvalue weighted by molar-refractivity contribution is 7.92. The van der Waals surface area contributed by atoms with Crippen molar-refractivity contribution in [1.29, 1.82) is 0 Å². The highest BCUT2D eigenvalue weighted by atomic mass is 32.2. The third-order valence-corrected chi connectivity index (χ3v) is 7.26. The standard InChI is InChI=1S/C19H29N5O4S/c1-4-21-18(24-9-10-29(27,28)19(2,3)13-24)23-11-14-5-7-15(8-6-14)17(26)22-12-16(20)25/h5-8H,4,9-13H2,1-3H3,(H2,20,25)(H,21,23)(H,22,26). The Bertz CT molecular complexity index is 878. The zero-order valence-electron chi connectivity index (χ0n) is 17.1. The number of nitrogens with one attached hydrogen (secondary N) is 2. The fourth-order valence-corrected chi connectivity index (χ4v) is 4.31. The van der Waals surface area contributed by atoms with E-state index >= 15 is 0 Å². The summed E-state index contributed by atoms with van der Waals surface area (Å²) in [4.78, 5) is 29.3. The first-order valence-corrected chi connectivity index (χ1v) is 11.1. The van der Waals surface area contributed by atoms with Crippen molar-refractivity contribution >= 4 is 27.6 Å². The summed E-state index contributed by atoms with van der Waals surface area (Å²) in [6.07, 6.45) is 0. The first-order chi connectivity index (χ1) is 13.6. The molecule has 160 valence electrons. The molecule has 1 fully saturated rings. The van der Waals surface area contributed by atoms with Gasteiger partial charge in [-0.3, -0.25) is 9.59 Å². The van der Waals surface area contributed by atoms with Crippen molar-refractivity contribution in [3.63, 3.8) is 0 Å². The lowest BCUT2D eigenvalue weighted by molar-refractivity contribution is -0.117. The van der Waals surface area contributed by atoms with Crippen LogP contribution >= 0.6 is 0 Å². The lowest BCUT2D eigenvalue weighted by atomic mass is 10.1. The van der Waals surface area contributed by atoms with E-state index in [0.717, 1.165) is 5.56 Å². The Balaban J connectivity index is 2.07. The van der Waals surface area contributed by atoms with Gasteiger partial charge in [-0.1, -0.05) is 12.1 Å². The SMILES string of the molecule is CCNC(=NCc1ccc(C(=O)NCC(N)=O)cc1)N1CCS(=O)(=O)C(C)(C)C1. The summed E-state index contributed by atoms with van der Waals surface area (Å²) >= 11 is 0. The number of amides is 2. The minimum Gasteiger partial charge on any atom is -0.368 e. The Morgan fingerprint density at radius 1 is 1.21 bits per heavy atom. The second-order valence-electron chi connectivity index (χ2n) is 7.52. The minimum atomic E-state index is -3.12. The molecule has 0 aromatic heterocycles. The molecule has 1 aliphatic heterocycles. The molecule has 2 amide bonds. The number of aliphatic imine (C=N–C) groups is 1. The van der Waals surface area contributed by atoms with Crippen LogP contribution in [0.3, 0.4) is 0 Å². The van der Waals surface area contributed by atoms with Gasteiger partial charge in [-0.15, -0.1) is 0 Å². The van der Waals surface area contributed by atoms with Crippen LogP contribution in [0.25, 0.3) is 0 Å². The van der Waals surface area contributed by atoms with E-state index in [9.17, 15) is 18.0 Å². The summed E-state index contributed by atoms with van der Waals surface area (Å²) in [5.41, 5.74) is 6.34. The lowest BCUT2D eigenvalue weighted by Crippen LogP contribution is -2.57. The van der Waals surface area contributed by atoms with Crippen LogP contribution < -0.4 is 16.4 Å². The monoisotopic (exact) mass is 423 g/mol. The number of guanidine groups is 1. The third-order valence-electron chi connectivity index (χ3n) is 4.73. The van der Waals surface area contributed by atoms with Crippen LogP contribution in [0, 0.1) is 0 Å². The van der Waals surface area contributed by atoms with Crippen LogP contribution in [0.15, 0.2) is 29.3 Å². The van der Waals surface area contributed by atoms with Gasteiger partial charge in [0, 0.05) is 25.2 Å². The minimum absolute atomic E-state index is 0.0968. The van der Waals surface area contributed by atoms with E-state index in [0.29, 0.717) is 37.7 Å². The molecule has 0 radical (unpaired) electrons. The Kier molecular flexibility index (Phi) is 7.23. The van der Waals surface area contributed by atoms with Crippen molar-refractivity contribution in [3.8, 4) is 0 Å². The zero-order chi connectivity index (χ0) is 21.7. The van der Waals surface area contributed by atoms with Gasteiger partial charge < -0.3 is 21.3 Å². The molecule has 4 N–H and O–H groups in total. The molecular formula is C19H29N5O4S. The molecular weight excluding hydrogens is 394 g/mol. The largest absolute Gasteiger partial charge is 0.368 e. The number of carbonyl (C=O) groups excluding carboxylic acids is 2. The van der Waals surface area contributed by atoms with Crippen molar-refractivity contribution in [2.45, 2.75) is 32.1 Å². The maximum absolute atomic E-state index is 12.2. The van der Waals surface area contributed by atoms with E-state index < -0.39 is 20.5 Å². The van der Waals surface area contributed by atoms with E-state index in [-0.39, 0.29) is 18.2 Å². The van der Waals surface area contributed by atoms with Crippen molar-refractivity contribution in [2.24, 2.45) is 10.7 Å². The summed E-state index contributed by atoms with van der Waals surface area (Å²) in [6, 6.07) is 6.89. The number of carbonyl (C=O) groups is 2. The Morgan fingerprint density at radius 2 is 1.86 bits per heavy atom. The van der Waals surface area contributed by atoms with E-state index in [4.69, 9.17) is 5.73 Å². The summed E-state index contributed by atoms with van der Waals surface area (Å²) in [5, 5.41) is 5.65. The van der Waals surface area contributed by atoms with E-state index in [1.165, 1.54) is 0 Å². The quantitative estimate of drug-likeness (QED) is 0.431. The molecule has 2 rings (SSSR count).